The van der Waals surface area contributed by atoms with Gasteiger partial charge in [0.1, 0.15) is 0 Å². The third kappa shape index (κ3) is 4.71. The maximum Gasteiger partial charge on any atom is 0.365 e. The van der Waals surface area contributed by atoms with Crippen LogP contribution < -0.4 is 5.73 Å². The van der Waals surface area contributed by atoms with E-state index in [2.05, 4.69) is 10.1 Å². The molecule has 6 nitrogen and oxygen atoms in total. The summed E-state index contributed by atoms with van der Waals surface area (Å²) in [5.41, 5.74) is 6.76. The maximum absolute atomic E-state index is 12.0. The number of thiazole rings is 1. The van der Waals surface area contributed by atoms with Gasteiger partial charge in [0.2, 0.25) is 5.71 Å². The molecule has 0 aliphatic rings. The van der Waals surface area contributed by atoms with Crippen LogP contribution in [0.5, 0.6) is 0 Å². The van der Waals surface area contributed by atoms with Gasteiger partial charge in [-0.1, -0.05) is 40.5 Å². The lowest BCUT2D eigenvalue weighted by molar-refractivity contribution is -0.112. The van der Waals surface area contributed by atoms with Gasteiger partial charge in [-0.05, 0) is 36.4 Å². The van der Waals surface area contributed by atoms with Gasteiger partial charge in [-0.2, -0.15) is 0 Å². The van der Waals surface area contributed by atoms with Gasteiger partial charge in [-0.25, -0.2) is 9.78 Å². The molecule has 1 heterocycles. The first-order valence-electron chi connectivity index (χ1n) is 7.50. The Morgan fingerprint density at radius 1 is 1.00 bits per heavy atom. The standard InChI is InChI=1S/C18H11Cl2N3O3S/c19-12-5-1-10(2-6-12)14-9-27-17(22-14)15(16(21)24)23-26-18(25)11-3-7-13(20)8-4-11/h1-9H,(H2,21,24). The molecule has 2 N–H and O–H groups in total. The second kappa shape index (κ2) is 8.30. The van der Waals surface area contributed by atoms with Gasteiger partial charge in [0.15, 0.2) is 5.01 Å². The van der Waals surface area contributed by atoms with Gasteiger partial charge in [-0.15, -0.1) is 11.3 Å². The minimum atomic E-state index is -0.865. The summed E-state index contributed by atoms with van der Waals surface area (Å²) in [4.78, 5) is 32.9. The number of nitrogens with zero attached hydrogens (tertiary/aromatic N) is 2. The van der Waals surface area contributed by atoms with Crippen LogP contribution in [0.15, 0.2) is 59.1 Å². The van der Waals surface area contributed by atoms with Crippen molar-refractivity contribution in [1.29, 1.82) is 0 Å². The number of halogens is 2. The first-order chi connectivity index (χ1) is 12.9. The minimum Gasteiger partial charge on any atom is -0.364 e. The Morgan fingerprint density at radius 3 is 2.19 bits per heavy atom. The molecular weight excluding hydrogens is 409 g/mol. The number of hydrogen-bond acceptors (Lipinski definition) is 6. The Morgan fingerprint density at radius 2 is 1.59 bits per heavy atom. The molecule has 0 fully saturated rings. The predicted molar refractivity (Wildman–Crippen MR) is 105 cm³/mol. The lowest BCUT2D eigenvalue weighted by Crippen LogP contribution is -2.25. The molecule has 1 aromatic heterocycles. The number of carbonyl (C=O) groups excluding carboxylic acids is 2. The number of hydrogen-bond donors (Lipinski definition) is 1. The van der Waals surface area contributed by atoms with Crippen LogP contribution in [0.1, 0.15) is 15.4 Å². The molecule has 0 unspecified atom stereocenters. The molecule has 0 saturated heterocycles. The monoisotopic (exact) mass is 419 g/mol. The van der Waals surface area contributed by atoms with Crippen molar-refractivity contribution in [2.24, 2.45) is 10.9 Å². The largest absolute Gasteiger partial charge is 0.365 e. The SMILES string of the molecule is NC(=O)C(=NOC(=O)c1ccc(Cl)cc1)c1nc(-c2ccc(Cl)cc2)cs1. The Hall–Kier alpha value is -2.74. The molecule has 136 valence electrons. The quantitative estimate of drug-likeness (QED) is 0.381. The minimum absolute atomic E-state index is 0.230. The molecule has 0 spiro atoms. The topological polar surface area (TPSA) is 94.6 Å². The van der Waals surface area contributed by atoms with Crippen molar-refractivity contribution in [3.63, 3.8) is 0 Å². The summed E-state index contributed by atoms with van der Waals surface area (Å²) in [5, 5.41) is 6.64. The van der Waals surface area contributed by atoms with Crippen LogP contribution in [0.3, 0.4) is 0 Å². The molecular formula is C18H11Cl2N3O3S. The molecule has 3 rings (SSSR count). The Labute approximate surface area is 168 Å². The van der Waals surface area contributed by atoms with Crippen molar-refractivity contribution in [3.05, 3.63) is 74.5 Å². The molecule has 9 heteroatoms. The number of carbonyl (C=O) groups is 2. The highest BCUT2D eigenvalue weighted by atomic mass is 35.5. The Balaban J connectivity index is 1.82. The zero-order valence-electron chi connectivity index (χ0n) is 13.6. The molecule has 0 radical (unpaired) electrons. The van der Waals surface area contributed by atoms with Crippen LogP contribution in [0.2, 0.25) is 10.0 Å². The van der Waals surface area contributed by atoms with E-state index in [4.69, 9.17) is 33.8 Å². The van der Waals surface area contributed by atoms with E-state index in [0.29, 0.717) is 15.7 Å². The summed E-state index contributed by atoms with van der Waals surface area (Å²) in [6, 6.07) is 13.1. The van der Waals surface area contributed by atoms with Crippen molar-refractivity contribution in [2.45, 2.75) is 0 Å². The zero-order valence-corrected chi connectivity index (χ0v) is 15.9. The second-order valence-corrected chi connectivity index (χ2v) is 6.97. The van der Waals surface area contributed by atoms with Gasteiger partial charge in [0.05, 0.1) is 11.3 Å². The third-order valence-electron chi connectivity index (χ3n) is 3.38. The van der Waals surface area contributed by atoms with Gasteiger partial charge >= 0.3 is 5.97 Å². The van der Waals surface area contributed by atoms with E-state index in [0.717, 1.165) is 16.9 Å². The molecule has 2 aromatic carbocycles. The van der Waals surface area contributed by atoms with Gasteiger partial charge in [0.25, 0.3) is 5.91 Å². The number of primary amides is 1. The lowest BCUT2D eigenvalue weighted by atomic mass is 10.2. The van der Waals surface area contributed by atoms with Crippen LogP contribution in [0, 0.1) is 0 Å². The molecule has 0 aliphatic carbocycles. The number of nitrogens with two attached hydrogens (primary N) is 1. The van der Waals surface area contributed by atoms with E-state index in [-0.39, 0.29) is 16.3 Å². The average Bonchev–Trinajstić information content (AvgIpc) is 3.12. The number of amides is 1. The lowest BCUT2D eigenvalue weighted by Gasteiger charge is -2.01. The predicted octanol–water partition coefficient (Wildman–Crippen LogP) is 4.16. The number of aromatic nitrogens is 1. The molecule has 0 bridgehead atoms. The van der Waals surface area contributed by atoms with E-state index in [1.807, 2.05) is 0 Å². The zero-order chi connectivity index (χ0) is 19.4. The molecule has 3 aromatic rings. The summed E-state index contributed by atoms with van der Waals surface area (Å²) in [6.07, 6.45) is 0. The van der Waals surface area contributed by atoms with Crippen molar-refractivity contribution < 1.29 is 14.4 Å². The van der Waals surface area contributed by atoms with E-state index in [1.165, 1.54) is 24.3 Å². The normalized spacial score (nSPS) is 11.3. The van der Waals surface area contributed by atoms with Crippen molar-refractivity contribution in [2.75, 3.05) is 0 Å². The Bertz CT molecular complexity index is 1020. The van der Waals surface area contributed by atoms with Crippen molar-refractivity contribution in [1.82, 2.24) is 4.98 Å². The molecule has 0 saturated carbocycles. The highest BCUT2D eigenvalue weighted by Crippen LogP contribution is 2.24. The fourth-order valence-corrected chi connectivity index (χ4v) is 3.12. The molecule has 27 heavy (non-hydrogen) atoms. The Kier molecular flexibility index (Phi) is 5.85. The number of benzene rings is 2. The maximum atomic E-state index is 12.0. The van der Waals surface area contributed by atoms with Gasteiger partial charge < -0.3 is 10.6 Å². The summed E-state index contributed by atoms with van der Waals surface area (Å²) in [7, 11) is 0. The second-order valence-electron chi connectivity index (χ2n) is 5.23. The van der Waals surface area contributed by atoms with Gasteiger partial charge in [0, 0.05) is 21.0 Å². The molecule has 0 aliphatic heterocycles. The fourth-order valence-electron chi connectivity index (χ4n) is 2.05. The summed E-state index contributed by atoms with van der Waals surface area (Å²) >= 11 is 12.8. The van der Waals surface area contributed by atoms with E-state index >= 15 is 0 Å². The average molecular weight is 420 g/mol. The summed E-state index contributed by atoms with van der Waals surface area (Å²) < 4.78 is 0. The van der Waals surface area contributed by atoms with Crippen molar-refractivity contribution >= 4 is 52.1 Å². The highest BCUT2D eigenvalue weighted by Gasteiger charge is 2.18. The van der Waals surface area contributed by atoms with E-state index < -0.39 is 11.9 Å². The number of oxime groups is 1. The van der Waals surface area contributed by atoms with Crippen LogP contribution in [0.25, 0.3) is 11.3 Å². The first-order valence-corrected chi connectivity index (χ1v) is 9.14. The van der Waals surface area contributed by atoms with E-state index in [9.17, 15) is 9.59 Å². The fraction of sp³-hybridized carbons (Fsp3) is 0. The molecule has 0 atom stereocenters. The molecule has 1 amide bonds. The van der Waals surface area contributed by atoms with Crippen LogP contribution in [-0.2, 0) is 9.63 Å². The smallest absolute Gasteiger partial charge is 0.364 e. The number of rotatable bonds is 5. The summed E-state index contributed by atoms with van der Waals surface area (Å²) in [5.74, 6) is -1.61. The van der Waals surface area contributed by atoms with Crippen LogP contribution in [0.4, 0.5) is 0 Å². The van der Waals surface area contributed by atoms with E-state index in [1.54, 1.807) is 29.6 Å². The van der Waals surface area contributed by atoms with Crippen molar-refractivity contribution in [3.8, 4) is 11.3 Å². The first kappa shape index (κ1) is 19.0. The van der Waals surface area contributed by atoms with Crippen LogP contribution in [-0.4, -0.2) is 22.6 Å². The highest BCUT2D eigenvalue weighted by molar-refractivity contribution is 7.13. The van der Waals surface area contributed by atoms with Crippen LogP contribution >= 0.6 is 34.5 Å². The summed E-state index contributed by atoms with van der Waals surface area (Å²) in [6.45, 7) is 0. The van der Waals surface area contributed by atoms with Gasteiger partial charge in [-0.3, -0.25) is 4.79 Å². The third-order valence-corrected chi connectivity index (χ3v) is 4.73.